The fraction of sp³-hybridized carbons (Fsp3) is 0.118. The average molecular weight is 427 g/mol. The SMILES string of the molecule is O=C(CSc1n[nH]c(COc2ccc(Cl)cc2)n1)Nc1ccc(F)c(Cl)c1. The van der Waals surface area contributed by atoms with Crippen molar-refractivity contribution < 1.29 is 13.9 Å². The van der Waals surface area contributed by atoms with Crippen molar-refractivity contribution in [3.8, 4) is 5.75 Å². The Balaban J connectivity index is 1.46. The minimum atomic E-state index is -0.543. The molecule has 1 amide bonds. The normalized spacial score (nSPS) is 10.6. The van der Waals surface area contributed by atoms with E-state index in [4.69, 9.17) is 27.9 Å². The minimum Gasteiger partial charge on any atom is -0.486 e. The van der Waals surface area contributed by atoms with Crippen molar-refractivity contribution in [2.75, 3.05) is 11.1 Å². The van der Waals surface area contributed by atoms with Gasteiger partial charge in [-0.1, -0.05) is 35.0 Å². The van der Waals surface area contributed by atoms with Crippen molar-refractivity contribution >= 4 is 46.6 Å². The van der Waals surface area contributed by atoms with Gasteiger partial charge in [0, 0.05) is 10.7 Å². The lowest BCUT2D eigenvalue weighted by Crippen LogP contribution is -2.14. The van der Waals surface area contributed by atoms with Crippen LogP contribution in [0.5, 0.6) is 5.75 Å². The molecular formula is C17H13Cl2FN4O2S. The Hall–Kier alpha value is -2.29. The number of H-pyrrole nitrogens is 1. The molecule has 140 valence electrons. The van der Waals surface area contributed by atoms with Gasteiger partial charge in [0.2, 0.25) is 11.1 Å². The Bertz CT molecular complexity index is 937. The van der Waals surface area contributed by atoms with E-state index in [9.17, 15) is 9.18 Å². The summed E-state index contributed by atoms with van der Waals surface area (Å²) in [5, 5.41) is 10.4. The second-order valence-corrected chi connectivity index (χ2v) is 7.06. The molecule has 10 heteroatoms. The quantitative estimate of drug-likeness (QED) is 0.541. The number of benzene rings is 2. The van der Waals surface area contributed by atoms with E-state index in [1.807, 2.05) is 0 Å². The van der Waals surface area contributed by atoms with Crippen LogP contribution in [-0.4, -0.2) is 26.8 Å². The number of nitrogens with one attached hydrogen (secondary N) is 2. The maximum Gasteiger partial charge on any atom is 0.234 e. The molecule has 0 radical (unpaired) electrons. The predicted molar refractivity (Wildman–Crippen MR) is 103 cm³/mol. The summed E-state index contributed by atoms with van der Waals surface area (Å²) in [6.45, 7) is 0.204. The molecule has 27 heavy (non-hydrogen) atoms. The first kappa shape index (κ1) is 19.5. The van der Waals surface area contributed by atoms with Gasteiger partial charge in [-0.2, -0.15) is 0 Å². The number of anilines is 1. The van der Waals surface area contributed by atoms with Crippen LogP contribution in [0, 0.1) is 5.82 Å². The first-order valence-electron chi connectivity index (χ1n) is 7.67. The Morgan fingerprint density at radius 2 is 2.00 bits per heavy atom. The number of hydrogen-bond donors (Lipinski definition) is 2. The summed E-state index contributed by atoms with van der Waals surface area (Å²) in [6, 6.07) is 10.9. The standard InChI is InChI=1S/C17H13Cl2FN4O2S/c18-10-1-4-12(5-2-10)26-8-15-22-17(24-23-15)27-9-16(25)21-11-3-6-14(20)13(19)7-11/h1-7H,8-9H2,(H,21,25)(H,22,23,24). The number of aromatic nitrogens is 3. The number of ether oxygens (including phenoxy) is 1. The fourth-order valence-electron chi connectivity index (χ4n) is 1.99. The van der Waals surface area contributed by atoms with Crippen molar-refractivity contribution in [3.05, 3.63) is 64.2 Å². The van der Waals surface area contributed by atoms with Gasteiger partial charge in [0.1, 0.15) is 18.2 Å². The van der Waals surface area contributed by atoms with Gasteiger partial charge < -0.3 is 10.1 Å². The molecule has 1 heterocycles. The van der Waals surface area contributed by atoms with Gasteiger partial charge in [-0.05, 0) is 42.5 Å². The second kappa shape index (κ2) is 9.07. The Labute approximate surface area is 168 Å². The molecule has 0 atom stereocenters. The van der Waals surface area contributed by atoms with E-state index in [1.165, 1.54) is 18.2 Å². The number of amides is 1. The van der Waals surface area contributed by atoms with E-state index in [1.54, 1.807) is 24.3 Å². The summed E-state index contributed by atoms with van der Waals surface area (Å²) in [5.74, 6) is 0.440. The van der Waals surface area contributed by atoms with E-state index in [-0.39, 0.29) is 23.3 Å². The molecule has 0 unspecified atom stereocenters. The summed E-state index contributed by atoms with van der Waals surface area (Å²) in [4.78, 5) is 16.2. The Kier molecular flexibility index (Phi) is 6.54. The largest absolute Gasteiger partial charge is 0.486 e. The molecule has 0 saturated carbocycles. The topological polar surface area (TPSA) is 79.9 Å². The number of thioether (sulfide) groups is 1. The number of hydrogen-bond acceptors (Lipinski definition) is 5. The van der Waals surface area contributed by atoms with Crippen LogP contribution in [0.3, 0.4) is 0 Å². The molecule has 1 aromatic heterocycles. The molecule has 0 aliphatic heterocycles. The summed E-state index contributed by atoms with van der Waals surface area (Å²) >= 11 is 12.7. The molecule has 0 spiro atoms. The second-order valence-electron chi connectivity index (χ2n) is 5.27. The average Bonchev–Trinajstić information content (AvgIpc) is 3.11. The van der Waals surface area contributed by atoms with Crippen molar-refractivity contribution in [2.24, 2.45) is 0 Å². The number of carbonyl (C=O) groups excluding carboxylic acids is 1. The lowest BCUT2D eigenvalue weighted by atomic mass is 10.3. The molecule has 0 aliphatic carbocycles. The molecule has 0 bridgehead atoms. The smallest absolute Gasteiger partial charge is 0.234 e. The zero-order valence-corrected chi connectivity index (χ0v) is 16.0. The summed E-state index contributed by atoms with van der Waals surface area (Å²) in [5.41, 5.74) is 0.416. The number of halogens is 3. The molecular weight excluding hydrogens is 414 g/mol. The van der Waals surface area contributed by atoms with Gasteiger partial charge >= 0.3 is 0 Å². The first-order valence-corrected chi connectivity index (χ1v) is 9.41. The maximum absolute atomic E-state index is 13.1. The first-order chi connectivity index (χ1) is 13.0. The van der Waals surface area contributed by atoms with E-state index in [2.05, 4.69) is 20.5 Å². The van der Waals surface area contributed by atoms with Crippen LogP contribution in [0.15, 0.2) is 47.6 Å². The third kappa shape index (κ3) is 5.85. The van der Waals surface area contributed by atoms with Crippen LogP contribution in [-0.2, 0) is 11.4 Å². The van der Waals surface area contributed by atoms with Crippen LogP contribution < -0.4 is 10.1 Å². The molecule has 2 N–H and O–H groups in total. The number of aromatic amines is 1. The van der Waals surface area contributed by atoms with Crippen LogP contribution in [0.1, 0.15) is 5.82 Å². The predicted octanol–water partition coefficient (Wildman–Crippen LogP) is 4.56. The summed E-state index contributed by atoms with van der Waals surface area (Å²) < 4.78 is 18.7. The lowest BCUT2D eigenvalue weighted by molar-refractivity contribution is -0.113. The van der Waals surface area contributed by atoms with E-state index in [0.717, 1.165) is 11.8 Å². The van der Waals surface area contributed by atoms with Gasteiger partial charge in [0.15, 0.2) is 5.82 Å². The summed E-state index contributed by atoms with van der Waals surface area (Å²) in [6.07, 6.45) is 0. The zero-order chi connectivity index (χ0) is 19.2. The van der Waals surface area contributed by atoms with Gasteiger partial charge in [0.05, 0.1) is 10.8 Å². The highest BCUT2D eigenvalue weighted by Gasteiger charge is 2.10. The Morgan fingerprint density at radius 1 is 1.22 bits per heavy atom. The molecule has 2 aromatic carbocycles. The van der Waals surface area contributed by atoms with Crippen molar-refractivity contribution in [2.45, 2.75) is 11.8 Å². The Morgan fingerprint density at radius 3 is 2.74 bits per heavy atom. The fourth-order valence-corrected chi connectivity index (χ4v) is 2.91. The maximum atomic E-state index is 13.1. The van der Waals surface area contributed by atoms with Crippen LogP contribution in [0.4, 0.5) is 10.1 Å². The third-order valence-electron chi connectivity index (χ3n) is 3.24. The molecule has 0 aliphatic rings. The van der Waals surface area contributed by atoms with Crippen LogP contribution >= 0.6 is 35.0 Å². The van der Waals surface area contributed by atoms with Gasteiger partial charge in [-0.15, -0.1) is 5.10 Å². The highest BCUT2D eigenvalue weighted by molar-refractivity contribution is 7.99. The van der Waals surface area contributed by atoms with E-state index >= 15 is 0 Å². The lowest BCUT2D eigenvalue weighted by Gasteiger charge is -2.05. The number of carbonyl (C=O) groups is 1. The van der Waals surface area contributed by atoms with Crippen LogP contribution in [0.2, 0.25) is 10.0 Å². The molecule has 3 aromatic rings. The van der Waals surface area contributed by atoms with Crippen molar-refractivity contribution in [1.82, 2.24) is 15.2 Å². The zero-order valence-electron chi connectivity index (χ0n) is 13.7. The molecule has 3 rings (SSSR count). The highest BCUT2D eigenvalue weighted by Crippen LogP contribution is 2.20. The van der Waals surface area contributed by atoms with Crippen molar-refractivity contribution in [3.63, 3.8) is 0 Å². The molecule has 0 saturated heterocycles. The van der Waals surface area contributed by atoms with Crippen molar-refractivity contribution in [1.29, 1.82) is 0 Å². The van der Waals surface area contributed by atoms with E-state index in [0.29, 0.717) is 27.4 Å². The molecule has 6 nitrogen and oxygen atoms in total. The van der Waals surface area contributed by atoms with Gasteiger partial charge in [-0.3, -0.25) is 9.89 Å². The van der Waals surface area contributed by atoms with Gasteiger partial charge in [-0.25, -0.2) is 9.37 Å². The minimum absolute atomic E-state index is 0.0558. The molecule has 0 fully saturated rings. The third-order valence-corrected chi connectivity index (χ3v) is 4.63. The number of nitrogens with zero attached hydrogens (tertiary/aromatic N) is 2. The van der Waals surface area contributed by atoms with Gasteiger partial charge in [0.25, 0.3) is 0 Å². The van der Waals surface area contributed by atoms with Crippen LogP contribution in [0.25, 0.3) is 0 Å². The highest BCUT2D eigenvalue weighted by atomic mass is 35.5. The monoisotopic (exact) mass is 426 g/mol. The number of rotatable bonds is 7. The summed E-state index contributed by atoms with van der Waals surface area (Å²) in [7, 11) is 0. The van der Waals surface area contributed by atoms with E-state index < -0.39 is 5.82 Å².